The number of benzene rings is 2. The van der Waals surface area contributed by atoms with Crippen molar-refractivity contribution in [1.29, 1.82) is 0 Å². The van der Waals surface area contributed by atoms with Crippen molar-refractivity contribution in [3.63, 3.8) is 0 Å². The summed E-state index contributed by atoms with van der Waals surface area (Å²) in [5, 5.41) is 13.0. The van der Waals surface area contributed by atoms with Crippen LogP contribution >= 0.6 is 11.6 Å². The van der Waals surface area contributed by atoms with E-state index < -0.39 is 0 Å². The largest absolute Gasteiger partial charge is 0.326 e. The molecule has 5 nitrogen and oxygen atoms in total. The Balaban J connectivity index is 1.96. The molecule has 0 aliphatic carbocycles. The second-order valence-electron chi connectivity index (χ2n) is 4.25. The highest BCUT2D eigenvalue weighted by Crippen LogP contribution is 2.20. The van der Waals surface area contributed by atoms with Crippen molar-refractivity contribution >= 4 is 11.6 Å². The van der Waals surface area contributed by atoms with Gasteiger partial charge in [0.2, 0.25) is 5.82 Å². The summed E-state index contributed by atoms with van der Waals surface area (Å²) in [7, 11) is 0. The Kier molecular flexibility index (Phi) is 3.45. The van der Waals surface area contributed by atoms with Crippen LogP contribution in [0.5, 0.6) is 0 Å². The van der Waals surface area contributed by atoms with Crippen LogP contribution in [-0.2, 0) is 6.54 Å². The van der Waals surface area contributed by atoms with Crippen molar-refractivity contribution in [2.24, 2.45) is 5.73 Å². The first-order valence-electron chi connectivity index (χ1n) is 6.12. The summed E-state index contributed by atoms with van der Waals surface area (Å²) in [6.45, 7) is 0.402. The number of aromatic nitrogens is 4. The van der Waals surface area contributed by atoms with E-state index in [2.05, 4.69) is 15.4 Å². The lowest BCUT2D eigenvalue weighted by molar-refractivity contribution is 0.719. The van der Waals surface area contributed by atoms with Gasteiger partial charge in [0.15, 0.2) is 0 Å². The quantitative estimate of drug-likeness (QED) is 0.802. The second kappa shape index (κ2) is 5.40. The van der Waals surface area contributed by atoms with Crippen LogP contribution in [0.25, 0.3) is 17.1 Å². The third kappa shape index (κ3) is 2.41. The van der Waals surface area contributed by atoms with Gasteiger partial charge < -0.3 is 5.73 Å². The molecular weight excluding hydrogens is 274 g/mol. The third-order valence-electron chi connectivity index (χ3n) is 2.93. The van der Waals surface area contributed by atoms with Crippen LogP contribution in [0.2, 0.25) is 5.02 Å². The Morgan fingerprint density at radius 2 is 1.90 bits per heavy atom. The topological polar surface area (TPSA) is 69.6 Å². The van der Waals surface area contributed by atoms with Crippen LogP contribution in [0.3, 0.4) is 0 Å². The van der Waals surface area contributed by atoms with Crippen molar-refractivity contribution in [3.8, 4) is 17.1 Å². The molecule has 0 saturated carbocycles. The van der Waals surface area contributed by atoms with Gasteiger partial charge >= 0.3 is 0 Å². The summed E-state index contributed by atoms with van der Waals surface area (Å²) in [4.78, 5) is 1.45. The molecule has 1 aromatic heterocycles. The highest BCUT2D eigenvalue weighted by molar-refractivity contribution is 6.31. The highest BCUT2D eigenvalue weighted by Gasteiger charge is 2.08. The van der Waals surface area contributed by atoms with Crippen LogP contribution in [0.1, 0.15) is 5.56 Å². The normalized spacial score (nSPS) is 10.7. The fraction of sp³-hybridized carbons (Fsp3) is 0.0714. The molecule has 0 unspecified atom stereocenters. The van der Waals surface area contributed by atoms with E-state index in [4.69, 9.17) is 17.3 Å². The van der Waals surface area contributed by atoms with Gasteiger partial charge in [-0.25, -0.2) is 0 Å². The molecule has 0 spiro atoms. The Morgan fingerprint density at radius 3 is 2.60 bits per heavy atom. The average Bonchev–Trinajstić information content (AvgIpc) is 2.98. The lowest BCUT2D eigenvalue weighted by Crippen LogP contribution is -2.02. The molecule has 100 valence electrons. The van der Waals surface area contributed by atoms with Crippen LogP contribution in [0, 0.1) is 0 Å². The molecule has 0 atom stereocenters. The van der Waals surface area contributed by atoms with Crippen LogP contribution in [0.4, 0.5) is 0 Å². The van der Waals surface area contributed by atoms with Gasteiger partial charge in [0.1, 0.15) is 0 Å². The third-order valence-corrected chi connectivity index (χ3v) is 3.28. The zero-order chi connectivity index (χ0) is 13.9. The predicted molar refractivity (Wildman–Crippen MR) is 77.5 cm³/mol. The maximum absolute atomic E-state index is 6.13. The van der Waals surface area contributed by atoms with Gasteiger partial charge in [-0.15, -0.1) is 15.0 Å². The number of halogens is 1. The van der Waals surface area contributed by atoms with Gasteiger partial charge in [0.25, 0.3) is 0 Å². The molecular formula is C14H12ClN5. The van der Waals surface area contributed by atoms with E-state index in [9.17, 15) is 0 Å². The van der Waals surface area contributed by atoms with Gasteiger partial charge in [0.05, 0.1) is 5.69 Å². The maximum Gasteiger partial charge on any atom is 0.205 e. The fourth-order valence-corrected chi connectivity index (χ4v) is 2.10. The highest BCUT2D eigenvalue weighted by atomic mass is 35.5. The van der Waals surface area contributed by atoms with Gasteiger partial charge in [-0.1, -0.05) is 48.0 Å². The maximum atomic E-state index is 6.13. The van der Waals surface area contributed by atoms with Crippen LogP contribution < -0.4 is 5.73 Å². The Bertz CT molecular complexity index is 723. The first kappa shape index (κ1) is 12.8. The molecule has 0 saturated heterocycles. The first-order valence-corrected chi connectivity index (χ1v) is 6.50. The number of rotatable bonds is 3. The molecule has 0 aliphatic rings. The fourth-order valence-electron chi connectivity index (χ4n) is 1.85. The van der Waals surface area contributed by atoms with Crippen molar-refractivity contribution < 1.29 is 0 Å². The minimum atomic E-state index is 0.402. The van der Waals surface area contributed by atoms with E-state index in [1.165, 1.54) is 4.80 Å². The van der Waals surface area contributed by atoms with E-state index in [0.717, 1.165) is 16.8 Å². The summed E-state index contributed by atoms with van der Waals surface area (Å²) in [6.07, 6.45) is 0. The number of hydrogen-bond donors (Lipinski definition) is 1. The summed E-state index contributed by atoms with van der Waals surface area (Å²) in [6, 6.07) is 15.2. The van der Waals surface area contributed by atoms with Crippen molar-refractivity contribution in [3.05, 3.63) is 59.1 Å². The molecule has 6 heteroatoms. The number of nitrogens with two attached hydrogens (primary N) is 1. The first-order chi connectivity index (χ1) is 9.78. The number of hydrogen-bond acceptors (Lipinski definition) is 4. The minimum Gasteiger partial charge on any atom is -0.326 e. The monoisotopic (exact) mass is 285 g/mol. The summed E-state index contributed by atoms with van der Waals surface area (Å²) >= 11 is 6.13. The lowest BCUT2D eigenvalue weighted by atomic mass is 10.2. The molecule has 0 aliphatic heterocycles. The van der Waals surface area contributed by atoms with E-state index in [1.807, 2.05) is 42.5 Å². The van der Waals surface area contributed by atoms with Crippen molar-refractivity contribution in [2.45, 2.75) is 6.54 Å². The van der Waals surface area contributed by atoms with Crippen molar-refractivity contribution in [2.75, 3.05) is 0 Å². The molecule has 2 aromatic carbocycles. The Hall–Kier alpha value is -2.24. The van der Waals surface area contributed by atoms with Gasteiger partial charge in [-0.3, -0.25) is 0 Å². The molecule has 3 rings (SSSR count). The Labute approximate surface area is 121 Å². The van der Waals surface area contributed by atoms with E-state index in [0.29, 0.717) is 17.4 Å². The SMILES string of the molecule is NCc1ccc(-n2nnc(-c3ccccc3)n2)cc1Cl. The predicted octanol–water partition coefficient (Wildman–Crippen LogP) is 2.44. The summed E-state index contributed by atoms with van der Waals surface area (Å²) in [5.74, 6) is 0.574. The molecule has 0 bridgehead atoms. The lowest BCUT2D eigenvalue weighted by Gasteiger charge is -2.03. The zero-order valence-electron chi connectivity index (χ0n) is 10.6. The molecule has 2 N–H and O–H groups in total. The molecule has 20 heavy (non-hydrogen) atoms. The standard InChI is InChI=1S/C14H12ClN5/c15-13-8-12(7-6-11(13)9-16)20-18-14(17-19-20)10-4-2-1-3-5-10/h1-8H,9,16H2. The number of tetrazole rings is 1. The van der Waals surface area contributed by atoms with E-state index in [-0.39, 0.29) is 0 Å². The van der Waals surface area contributed by atoms with Gasteiger partial charge in [-0.2, -0.15) is 0 Å². The summed E-state index contributed by atoms with van der Waals surface area (Å²) < 4.78 is 0. The molecule has 3 aromatic rings. The second-order valence-corrected chi connectivity index (χ2v) is 4.66. The van der Waals surface area contributed by atoms with E-state index in [1.54, 1.807) is 6.07 Å². The molecule has 0 radical (unpaired) electrons. The smallest absolute Gasteiger partial charge is 0.205 e. The van der Waals surface area contributed by atoms with E-state index >= 15 is 0 Å². The van der Waals surface area contributed by atoms with Crippen LogP contribution in [0.15, 0.2) is 48.5 Å². The van der Waals surface area contributed by atoms with Gasteiger partial charge in [-0.05, 0) is 22.9 Å². The van der Waals surface area contributed by atoms with Gasteiger partial charge in [0, 0.05) is 17.1 Å². The Morgan fingerprint density at radius 1 is 1.10 bits per heavy atom. The van der Waals surface area contributed by atoms with Crippen LogP contribution in [-0.4, -0.2) is 20.2 Å². The van der Waals surface area contributed by atoms with Crippen molar-refractivity contribution in [1.82, 2.24) is 20.2 Å². The average molecular weight is 286 g/mol. The molecule has 0 amide bonds. The zero-order valence-corrected chi connectivity index (χ0v) is 11.3. The minimum absolute atomic E-state index is 0.402. The summed E-state index contributed by atoms with van der Waals surface area (Å²) in [5.41, 5.74) is 8.14. The molecule has 1 heterocycles. The molecule has 0 fully saturated rings. The number of nitrogens with zero attached hydrogens (tertiary/aromatic N) is 4.